The van der Waals surface area contributed by atoms with Gasteiger partial charge in [0.05, 0.1) is 5.02 Å². The van der Waals surface area contributed by atoms with Gasteiger partial charge in [0, 0.05) is 10.7 Å². The van der Waals surface area contributed by atoms with Crippen molar-refractivity contribution in [1.29, 1.82) is 0 Å². The predicted octanol–water partition coefficient (Wildman–Crippen LogP) is 2.27. The number of nitrogens with one attached hydrogen (secondary N) is 3. The van der Waals surface area contributed by atoms with Crippen LogP contribution in [0.25, 0.3) is 0 Å². The van der Waals surface area contributed by atoms with Crippen molar-refractivity contribution < 1.29 is 14.3 Å². The monoisotopic (exact) mass is 371 g/mol. The van der Waals surface area contributed by atoms with E-state index in [-0.39, 0.29) is 6.61 Å². The van der Waals surface area contributed by atoms with Crippen molar-refractivity contribution in [1.82, 2.24) is 15.8 Å². The van der Waals surface area contributed by atoms with Gasteiger partial charge in [-0.2, -0.15) is 0 Å². The van der Waals surface area contributed by atoms with Crippen LogP contribution in [0.1, 0.15) is 10.5 Å². The van der Waals surface area contributed by atoms with Crippen LogP contribution in [0, 0.1) is 0 Å². The molecular formula is C13H11BrClN3O3. The van der Waals surface area contributed by atoms with Gasteiger partial charge in [-0.25, -0.2) is 0 Å². The molecule has 0 aliphatic heterocycles. The zero-order valence-electron chi connectivity index (χ0n) is 10.7. The molecule has 1 aromatic heterocycles. The van der Waals surface area contributed by atoms with Crippen LogP contribution in [0.3, 0.4) is 0 Å². The third-order valence-corrected chi connectivity index (χ3v) is 3.20. The molecular weight excluding hydrogens is 362 g/mol. The molecule has 2 aromatic rings. The third-order valence-electron chi connectivity index (χ3n) is 2.41. The van der Waals surface area contributed by atoms with Crippen LogP contribution < -0.4 is 15.6 Å². The van der Waals surface area contributed by atoms with Crippen LogP contribution in [0.4, 0.5) is 0 Å². The molecule has 0 unspecified atom stereocenters. The van der Waals surface area contributed by atoms with Crippen molar-refractivity contribution in [2.75, 3.05) is 6.61 Å². The zero-order valence-corrected chi connectivity index (χ0v) is 13.0. The first-order valence-electron chi connectivity index (χ1n) is 5.86. The predicted molar refractivity (Wildman–Crippen MR) is 81.0 cm³/mol. The number of aromatic amines is 1. The Morgan fingerprint density at radius 1 is 1.29 bits per heavy atom. The van der Waals surface area contributed by atoms with Crippen LogP contribution in [-0.4, -0.2) is 23.4 Å². The first-order valence-corrected chi connectivity index (χ1v) is 7.04. The summed E-state index contributed by atoms with van der Waals surface area (Å²) in [5.74, 6) is -0.574. The quantitative estimate of drug-likeness (QED) is 0.720. The zero-order chi connectivity index (χ0) is 15.2. The summed E-state index contributed by atoms with van der Waals surface area (Å²) in [5, 5.41) is 0.382. The molecule has 0 bridgehead atoms. The largest absolute Gasteiger partial charge is 0.482 e. The summed E-state index contributed by atoms with van der Waals surface area (Å²) in [6.07, 6.45) is 1.61. The van der Waals surface area contributed by atoms with Crippen LogP contribution >= 0.6 is 27.5 Å². The maximum Gasteiger partial charge on any atom is 0.286 e. The first kappa shape index (κ1) is 15.4. The summed E-state index contributed by atoms with van der Waals surface area (Å²) in [6.45, 7) is -0.271. The second-order valence-corrected chi connectivity index (χ2v) is 5.27. The Morgan fingerprint density at radius 3 is 2.76 bits per heavy atom. The average molecular weight is 373 g/mol. The molecule has 0 spiro atoms. The number of rotatable bonds is 4. The molecule has 1 aromatic carbocycles. The number of ether oxygens (including phenoxy) is 1. The summed E-state index contributed by atoms with van der Waals surface area (Å²) >= 11 is 9.21. The Kier molecular flexibility index (Phi) is 5.24. The molecule has 0 atom stereocenters. The van der Waals surface area contributed by atoms with E-state index in [0.717, 1.165) is 4.47 Å². The lowest BCUT2D eigenvalue weighted by Gasteiger charge is -2.09. The lowest BCUT2D eigenvalue weighted by atomic mass is 10.3. The van der Waals surface area contributed by atoms with E-state index in [1.165, 1.54) is 0 Å². The summed E-state index contributed by atoms with van der Waals surface area (Å²) in [6, 6.07) is 8.29. The fourth-order valence-corrected chi connectivity index (χ4v) is 2.17. The van der Waals surface area contributed by atoms with Crippen molar-refractivity contribution in [3.63, 3.8) is 0 Å². The average Bonchev–Trinajstić information content (AvgIpc) is 2.98. The minimum Gasteiger partial charge on any atom is -0.482 e. The van der Waals surface area contributed by atoms with Crippen LogP contribution in [0.2, 0.25) is 5.02 Å². The van der Waals surface area contributed by atoms with Gasteiger partial charge in [-0.3, -0.25) is 20.4 Å². The van der Waals surface area contributed by atoms with Gasteiger partial charge in [-0.1, -0.05) is 27.5 Å². The van der Waals surface area contributed by atoms with E-state index < -0.39 is 11.8 Å². The highest BCUT2D eigenvalue weighted by atomic mass is 79.9. The smallest absolute Gasteiger partial charge is 0.286 e. The molecule has 21 heavy (non-hydrogen) atoms. The lowest BCUT2D eigenvalue weighted by molar-refractivity contribution is -0.123. The van der Waals surface area contributed by atoms with Crippen molar-refractivity contribution in [3.8, 4) is 5.75 Å². The number of halogens is 2. The number of carbonyl (C=O) groups is 2. The molecule has 0 aliphatic carbocycles. The summed E-state index contributed by atoms with van der Waals surface area (Å²) in [7, 11) is 0. The third kappa shape index (κ3) is 4.51. The number of aromatic nitrogens is 1. The Balaban J connectivity index is 1.78. The molecule has 1 heterocycles. The van der Waals surface area contributed by atoms with Gasteiger partial charge in [0.2, 0.25) is 0 Å². The van der Waals surface area contributed by atoms with Gasteiger partial charge >= 0.3 is 0 Å². The summed E-state index contributed by atoms with van der Waals surface area (Å²) in [4.78, 5) is 25.8. The molecule has 3 N–H and O–H groups in total. The van der Waals surface area contributed by atoms with E-state index in [4.69, 9.17) is 16.3 Å². The second-order valence-electron chi connectivity index (χ2n) is 3.95. The molecule has 0 saturated carbocycles. The van der Waals surface area contributed by atoms with Crippen LogP contribution in [0.15, 0.2) is 41.0 Å². The second kappa shape index (κ2) is 7.14. The molecule has 0 aliphatic rings. The van der Waals surface area contributed by atoms with Crippen molar-refractivity contribution >= 4 is 39.3 Å². The fraction of sp³-hybridized carbons (Fsp3) is 0.0769. The van der Waals surface area contributed by atoms with Crippen LogP contribution in [-0.2, 0) is 4.79 Å². The SMILES string of the molecule is O=C(COc1ccc(Br)cc1Cl)NNC(=O)c1ccc[nH]1. The van der Waals surface area contributed by atoms with Gasteiger partial charge in [0.15, 0.2) is 6.61 Å². The molecule has 110 valence electrons. The van der Waals surface area contributed by atoms with Gasteiger partial charge in [0.25, 0.3) is 11.8 Å². The Morgan fingerprint density at radius 2 is 2.10 bits per heavy atom. The normalized spacial score (nSPS) is 10.0. The minimum absolute atomic E-state index is 0.271. The maximum absolute atomic E-state index is 11.6. The van der Waals surface area contributed by atoms with Gasteiger partial charge in [-0.05, 0) is 30.3 Å². The molecule has 0 saturated heterocycles. The van der Waals surface area contributed by atoms with Gasteiger partial charge in [-0.15, -0.1) is 0 Å². The van der Waals surface area contributed by atoms with E-state index in [9.17, 15) is 9.59 Å². The standard InChI is InChI=1S/C13H11BrClN3O3/c14-8-3-4-11(9(15)6-8)21-7-12(19)17-18-13(20)10-2-1-5-16-10/h1-6,16H,7H2,(H,17,19)(H,18,20). The molecule has 0 radical (unpaired) electrons. The Hall–Kier alpha value is -1.99. The van der Waals surface area contributed by atoms with E-state index in [1.54, 1.807) is 36.5 Å². The van der Waals surface area contributed by atoms with Crippen molar-refractivity contribution in [2.24, 2.45) is 0 Å². The molecule has 2 rings (SSSR count). The topological polar surface area (TPSA) is 83.2 Å². The number of hydrogen-bond donors (Lipinski definition) is 3. The Bertz CT molecular complexity index is 646. The number of amides is 2. The van der Waals surface area contributed by atoms with Gasteiger partial charge in [0.1, 0.15) is 11.4 Å². The number of H-pyrrole nitrogens is 1. The van der Waals surface area contributed by atoms with E-state index >= 15 is 0 Å². The highest BCUT2D eigenvalue weighted by Crippen LogP contribution is 2.27. The van der Waals surface area contributed by atoms with E-state index in [2.05, 4.69) is 31.8 Å². The number of hydrazine groups is 1. The fourth-order valence-electron chi connectivity index (χ4n) is 1.44. The van der Waals surface area contributed by atoms with Crippen molar-refractivity contribution in [2.45, 2.75) is 0 Å². The highest BCUT2D eigenvalue weighted by molar-refractivity contribution is 9.10. The molecule has 8 heteroatoms. The first-order chi connectivity index (χ1) is 10.1. The number of hydrogen-bond acceptors (Lipinski definition) is 3. The Labute approximate surface area is 133 Å². The lowest BCUT2D eigenvalue weighted by Crippen LogP contribution is -2.43. The summed E-state index contributed by atoms with van der Waals surface area (Å²) < 4.78 is 6.06. The number of benzene rings is 1. The van der Waals surface area contributed by atoms with Gasteiger partial charge < -0.3 is 9.72 Å². The highest BCUT2D eigenvalue weighted by Gasteiger charge is 2.09. The van der Waals surface area contributed by atoms with Crippen molar-refractivity contribution in [3.05, 3.63) is 51.7 Å². The minimum atomic E-state index is -0.506. The molecule has 2 amide bonds. The summed E-state index contributed by atoms with van der Waals surface area (Å²) in [5.41, 5.74) is 4.83. The maximum atomic E-state index is 11.6. The van der Waals surface area contributed by atoms with Crippen LogP contribution in [0.5, 0.6) is 5.75 Å². The molecule has 0 fully saturated rings. The molecule has 6 nitrogen and oxygen atoms in total. The van der Waals surface area contributed by atoms with E-state index in [0.29, 0.717) is 16.5 Å². The van der Waals surface area contributed by atoms with E-state index in [1.807, 2.05) is 0 Å². The number of carbonyl (C=O) groups excluding carboxylic acids is 2.